The van der Waals surface area contributed by atoms with Crippen molar-refractivity contribution in [2.45, 2.75) is 20.0 Å². The smallest absolute Gasteiger partial charge is 0.322 e. The van der Waals surface area contributed by atoms with Crippen LogP contribution in [0.2, 0.25) is 0 Å². The molecule has 0 saturated carbocycles. The van der Waals surface area contributed by atoms with E-state index >= 15 is 0 Å². The summed E-state index contributed by atoms with van der Waals surface area (Å²) in [6.45, 7) is 0.890. The van der Waals surface area contributed by atoms with Gasteiger partial charge in [0.1, 0.15) is 12.4 Å². The van der Waals surface area contributed by atoms with E-state index in [4.69, 9.17) is 10.2 Å². The molecule has 0 aliphatic carbocycles. The highest BCUT2D eigenvalue weighted by Crippen LogP contribution is 2.26. The molecule has 182 valence electrons. The highest BCUT2D eigenvalue weighted by atomic mass is 16.4. The lowest BCUT2D eigenvalue weighted by atomic mass is 9.99. The molecule has 0 radical (unpaired) electrons. The van der Waals surface area contributed by atoms with Gasteiger partial charge >= 0.3 is 5.97 Å². The maximum absolute atomic E-state index is 12.2. The van der Waals surface area contributed by atoms with E-state index in [1.54, 1.807) is 19.2 Å². The van der Waals surface area contributed by atoms with E-state index < -0.39 is 18.4 Å². The number of hydrogen-bond acceptors (Lipinski definition) is 7. The fourth-order valence-corrected chi connectivity index (χ4v) is 3.64. The van der Waals surface area contributed by atoms with Crippen LogP contribution in [0.4, 0.5) is 0 Å². The summed E-state index contributed by atoms with van der Waals surface area (Å²) in [6, 6.07) is 19.7. The normalized spacial score (nSPS) is 10.7. The molecule has 4 N–H and O–H groups in total. The number of aromatic nitrogens is 3. The number of aromatic hydroxyl groups is 1. The number of aryl methyl sites for hydroxylation is 1. The number of aliphatic hydroxyl groups is 1. The van der Waals surface area contributed by atoms with Crippen molar-refractivity contribution in [2.75, 3.05) is 6.54 Å². The molecule has 4 aromatic rings. The minimum Gasteiger partial charge on any atom is -0.504 e. The first-order valence-corrected chi connectivity index (χ1v) is 11.2. The van der Waals surface area contributed by atoms with Crippen LogP contribution in [0.15, 0.2) is 66.9 Å². The van der Waals surface area contributed by atoms with Crippen LogP contribution < -0.4 is 5.32 Å². The monoisotopic (exact) mass is 484 g/mol. The predicted molar refractivity (Wildman–Crippen MR) is 132 cm³/mol. The number of carbonyl (C=O) groups is 2. The average molecular weight is 485 g/mol. The highest BCUT2D eigenvalue weighted by molar-refractivity contribution is 5.96. The first kappa shape index (κ1) is 24.5. The third kappa shape index (κ3) is 5.70. The van der Waals surface area contributed by atoms with Crippen molar-refractivity contribution >= 4 is 11.9 Å². The molecule has 0 atom stereocenters. The lowest BCUT2D eigenvalue weighted by Crippen LogP contribution is -2.30. The summed E-state index contributed by atoms with van der Waals surface area (Å²) in [5.41, 5.74) is 5.57. The summed E-state index contributed by atoms with van der Waals surface area (Å²) in [5, 5.41) is 30.2. The van der Waals surface area contributed by atoms with Crippen LogP contribution in [-0.4, -0.2) is 48.7 Å². The fourth-order valence-electron chi connectivity index (χ4n) is 3.64. The Morgan fingerprint density at radius 1 is 0.861 bits per heavy atom. The van der Waals surface area contributed by atoms with Gasteiger partial charge in [-0.1, -0.05) is 54.6 Å². The number of nitrogens with one attached hydrogen (secondary N) is 1. The minimum atomic E-state index is -1.20. The molecule has 0 unspecified atom stereocenters. The van der Waals surface area contributed by atoms with Crippen LogP contribution in [0.3, 0.4) is 0 Å². The number of benzene rings is 2. The number of aliphatic carboxylic acids is 1. The lowest BCUT2D eigenvalue weighted by Gasteiger charge is -2.10. The van der Waals surface area contributed by atoms with Gasteiger partial charge in [0.2, 0.25) is 0 Å². The number of carboxylic acids is 1. The van der Waals surface area contributed by atoms with Gasteiger partial charge in [-0.15, -0.1) is 0 Å². The number of carboxylic acid groups (broad SMARTS) is 1. The van der Waals surface area contributed by atoms with Crippen LogP contribution in [0.5, 0.6) is 5.75 Å². The Labute approximate surface area is 207 Å². The zero-order valence-corrected chi connectivity index (χ0v) is 19.5. The van der Waals surface area contributed by atoms with Gasteiger partial charge in [0, 0.05) is 18.2 Å². The lowest BCUT2D eigenvalue weighted by molar-refractivity contribution is -0.135. The first-order chi connectivity index (χ1) is 17.3. The predicted octanol–water partition coefficient (Wildman–Crippen LogP) is 3.12. The summed E-state index contributed by atoms with van der Waals surface area (Å²) in [6.07, 6.45) is 2.07. The van der Waals surface area contributed by atoms with Crippen molar-refractivity contribution < 1.29 is 24.9 Å². The zero-order chi connectivity index (χ0) is 25.7. The average Bonchev–Trinajstić information content (AvgIpc) is 2.90. The summed E-state index contributed by atoms with van der Waals surface area (Å²) in [5.74, 6) is -2.01. The van der Waals surface area contributed by atoms with Gasteiger partial charge in [0.15, 0.2) is 11.4 Å². The van der Waals surface area contributed by atoms with Gasteiger partial charge in [-0.3, -0.25) is 14.6 Å². The number of nitrogens with zero attached hydrogens (tertiary/aromatic N) is 3. The van der Waals surface area contributed by atoms with Crippen LogP contribution in [0, 0.1) is 6.92 Å². The van der Waals surface area contributed by atoms with Gasteiger partial charge in [-0.05, 0) is 35.2 Å². The molecule has 2 aromatic carbocycles. The number of rotatable bonds is 8. The minimum absolute atomic E-state index is 0.0863. The molecule has 0 spiro atoms. The summed E-state index contributed by atoms with van der Waals surface area (Å²) >= 11 is 0. The Bertz CT molecular complexity index is 1390. The van der Waals surface area contributed by atoms with Gasteiger partial charge in [-0.25, -0.2) is 9.97 Å². The fraction of sp³-hybridized carbons (Fsp3) is 0.148. The van der Waals surface area contributed by atoms with Crippen molar-refractivity contribution in [3.8, 4) is 28.0 Å². The Morgan fingerprint density at radius 2 is 1.44 bits per heavy atom. The molecule has 0 aliphatic heterocycles. The summed E-state index contributed by atoms with van der Waals surface area (Å²) < 4.78 is 0. The standard InChI is InChI=1S/C27H24N4O5/c1-16-26(35)25(27(36)29-14-24(33)34)31-23(30-16)12-17-2-4-18(5-3-17)19-6-8-20(9-7-19)21-10-11-22(15-32)28-13-21/h2-11,13,32,35H,12,14-15H2,1H3,(H,29,36)(H,33,34). The molecule has 2 aromatic heterocycles. The van der Waals surface area contributed by atoms with E-state index in [2.05, 4.69) is 20.3 Å². The molecular weight excluding hydrogens is 460 g/mol. The van der Waals surface area contributed by atoms with Crippen molar-refractivity contribution in [3.63, 3.8) is 0 Å². The van der Waals surface area contributed by atoms with Gasteiger partial charge in [0.25, 0.3) is 5.91 Å². The summed E-state index contributed by atoms with van der Waals surface area (Å²) in [4.78, 5) is 35.6. The molecule has 0 bridgehead atoms. The van der Waals surface area contributed by atoms with E-state index in [9.17, 15) is 14.7 Å². The Hall–Kier alpha value is -4.63. The van der Waals surface area contributed by atoms with E-state index in [0.717, 1.165) is 27.8 Å². The van der Waals surface area contributed by atoms with E-state index in [0.29, 0.717) is 17.9 Å². The van der Waals surface area contributed by atoms with Crippen LogP contribution in [0.25, 0.3) is 22.3 Å². The maximum atomic E-state index is 12.2. The quantitative estimate of drug-likeness (QED) is 0.298. The number of hydrogen-bond donors (Lipinski definition) is 4. The van der Waals surface area contributed by atoms with Crippen LogP contribution in [0.1, 0.15) is 33.3 Å². The van der Waals surface area contributed by atoms with Crippen molar-refractivity contribution in [3.05, 3.63) is 95.3 Å². The summed E-state index contributed by atoms with van der Waals surface area (Å²) in [7, 11) is 0. The highest BCUT2D eigenvalue weighted by Gasteiger charge is 2.18. The molecule has 4 rings (SSSR count). The second-order valence-electron chi connectivity index (χ2n) is 8.15. The van der Waals surface area contributed by atoms with Gasteiger partial charge in [-0.2, -0.15) is 0 Å². The number of aliphatic hydroxyl groups excluding tert-OH is 1. The molecule has 0 saturated heterocycles. The topological polar surface area (TPSA) is 146 Å². The van der Waals surface area contributed by atoms with Crippen molar-refractivity contribution in [2.24, 2.45) is 0 Å². The number of carbonyl (C=O) groups excluding carboxylic acids is 1. The third-order valence-corrected chi connectivity index (χ3v) is 5.57. The largest absolute Gasteiger partial charge is 0.504 e. The zero-order valence-electron chi connectivity index (χ0n) is 19.5. The molecule has 0 fully saturated rings. The second-order valence-corrected chi connectivity index (χ2v) is 8.15. The Morgan fingerprint density at radius 3 is 2.00 bits per heavy atom. The Kier molecular flexibility index (Phi) is 7.31. The van der Waals surface area contributed by atoms with E-state index in [-0.39, 0.29) is 23.7 Å². The van der Waals surface area contributed by atoms with Crippen molar-refractivity contribution in [1.82, 2.24) is 20.3 Å². The van der Waals surface area contributed by atoms with E-state index in [1.165, 1.54) is 0 Å². The van der Waals surface area contributed by atoms with Gasteiger partial charge < -0.3 is 20.6 Å². The first-order valence-electron chi connectivity index (χ1n) is 11.2. The molecule has 9 nitrogen and oxygen atoms in total. The van der Waals surface area contributed by atoms with Crippen molar-refractivity contribution in [1.29, 1.82) is 0 Å². The maximum Gasteiger partial charge on any atom is 0.322 e. The SMILES string of the molecule is Cc1nc(Cc2ccc(-c3ccc(-c4ccc(CO)nc4)cc3)cc2)nc(C(=O)NCC(=O)O)c1O. The Balaban J connectivity index is 1.48. The number of amides is 1. The third-order valence-electron chi connectivity index (χ3n) is 5.57. The number of pyridine rings is 1. The molecule has 9 heteroatoms. The van der Waals surface area contributed by atoms with Crippen LogP contribution >= 0.6 is 0 Å². The molecule has 1 amide bonds. The molecule has 0 aliphatic rings. The molecule has 36 heavy (non-hydrogen) atoms. The molecular formula is C27H24N4O5. The molecule has 2 heterocycles. The second kappa shape index (κ2) is 10.7. The van der Waals surface area contributed by atoms with Gasteiger partial charge in [0.05, 0.1) is 18.0 Å². The van der Waals surface area contributed by atoms with E-state index in [1.807, 2.05) is 54.6 Å². The van der Waals surface area contributed by atoms with Crippen LogP contribution in [-0.2, 0) is 17.8 Å².